The van der Waals surface area contributed by atoms with Crippen LogP contribution in [0.25, 0.3) is 10.6 Å². The predicted octanol–water partition coefficient (Wildman–Crippen LogP) is 6.27. The average molecular weight is 569 g/mol. The van der Waals surface area contributed by atoms with Crippen molar-refractivity contribution in [1.82, 2.24) is 15.2 Å². The molecule has 9 heteroatoms. The van der Waals surface area contributed by atoms with E-state index >= 15 is 0 Å². The molecule has 0 unspecified atom stereocenters. The van der Waals surface area contributed by atoms with Gasteiger partial charge in [-0.1, -0.05) is 19.1 Å². The molecule has 2 amide bonds. The first kappa shape index (κ1) is 27.0. The Kier molecular flexibility index (Phi) is 7.71. The van der Waals surface area contributed by atoms with E-state index in [2.05, 4.69) is 27.4 Å². The number of carbonyl (C=O) groups excluding carboxylic acids is 2. The van der Waals surface area contributed by atoms with Crippen LogP contribution in [0.15, 0.2) is 66.9 Å². The van der Waals surface area contributed by atoms with Crippen LogP contribution in [0, 0.1) is 6.92 Å². The number of benzene rings is 3. The molecule has 3 aromatic carbocycles. The number of amides is 2. The number of para-hydroxylation sites is 1. The Morgan fingerprint density at radius 2 is 1.88 bits per heavy atom. The second-order valence-corrected chi connectivity index (χ2v) is 11.4. The number of hydrogen-bond donors (Lipinski definition) is 2. The number of thiazole rings is 1. The number of nitrogens with one attached hydrogen (secondary N) is 2. The summed E-state index contributed by atoms with van der Waals surface area (Å²) in [6.07, 6.45) is 4.17. The number of likely N-dealkylation sites (tertiary alicyclic amines) is 1. The molecule has 0 bridgehead atoms. The van der Waals surface area contributed by atoms with Crippen molar-refractivity contribution in [3.05, 3.63) is 88.4 Å². The van der Waals surface area contributed by atoms with Crippen LogP contribution in [0.2, 0.25) is 0 Å². The predicted molar refractivity (Wildman–Crippen MR) is 160 cm³/mol. The molecule has 2 N–H and O–H groups in total. The molecule has 0 saturated carbocycles. The van der Waals surface area contributed by atoms with Gasteiger partial charge in [-0.05, 0) is 80.4 Å². The molecular formula is C32H32N4O4S. The number of nitrogens with zero attached hydrogens (tertiary/aromatic N) is 2. The van der Waals surface area contributed by atoms with Gasteiger partial charge in [-0.3, -0.25) is 9.59 Å². The van der Waals surface area contributed by atoms with Gasteiger partial charge in [0.25, 0.3) is 11.8 Å². The minimum Gasteiger partial charge on any atom is -0.490 e. The SMILES string of the molecule is CCN1CCC(Oc2ccc(-c3ncc(CNC(=O)c4ccc5c(c4C)NC(=O)c4ccccc4O5)s3)cc2)CC1. The summed E-state index contributed by atoms with van der Waals surface area (Å²) in [5, 5.41) is 6.78. The van der Waals surface area contributed by atoms with Gasteiger partial charge in [0.05, 0.1) is 17.8 Å². The van der Waals surface area contributed by atoms with Crippen molar-refractivity contribution in [1.29, 1.82) is 0 Å². The molecule has 2 aliphatic heterocycles. The van der Waals surface area contributed by atoms with Crippen LogP contribution in [0.1, 0.15) is 50.9 Å². The van der Waals surface area contributed by atoms with Gasteiger partial charge in [-0.2, -0.15) is 0 Å². The maximum Gasteiger partial charge on any atom is 0.259 e. The lowest BCUT2D eigenvalue weighted by atomic mass is 10.0. The first-order valence-corrected chi connectivity index (χ1v) is 14.7. The summed E-state index contributed by atoms with van der Waals surface area (Å²) < 4.78 is 12.2. The summed E-state index contributed by atoms with van der Waals surface area (Å²) in [5.41, 5.74) is 3.07. The van der Waals surface area contributed by atoms with Gasteiger partial charge in [-0.15, -0.1) is 11.3 Å². The van der Waals surface area contributed by atoms with Crippen LogP contribution in [0.4, 0.5) is 5.69 Å². The van der Waals surface area contributed by atoms with Gasteiger partial charge in [0, 0.05) is 35.3 Å². The summed E-state index contributed by atoms with van der Waals surface area (Å²) in [4.78, 5) is 33.8. The van der Waals surface area contributed by atoms with Crippen molar-refractivity contribution >= 4 is 28.8 Å². The highest BCUT2D eigenvalue weighted by Gasteiger charge is 2.24. The first-order chi connectivity index (χ1) is 20.0. The lowest BCUT2D eigenvalue weighted by molar-refractivity contribution is 0.0949. The van der Waals surface area contributed by atoms with Crippen molar-refractivity contribution in [3.8, 4) is 27.8 Å². The fourth-order valence-corrected chi connectivity index (χ4v) is 6.07. The van der Waals surface area contributed by atoms with E-state index in [1.807, 2.05) is 30.3 Å². The largest absolute Gasteiger partial charge is 0.490 e. The van der Waals surface area contributed by atoms with Crippen LogP contribution in [-0.4, -0.2) is 47.4 Å². The van der Waals surface area contributed by atoms with Crippen LogP contribution in [0.5, 0.6) is 17.2 Å². The highest BCUT2D eigenvalue weighted by atomic mass is 32.1. The van der Waals surface area contributed by atoms with Crippen molar-refractivity contribution in [2.24, 2.45) is 0 Å². The van der Waals surface area contributed by atoms with Gasteiger partial charge in [0.1, 0.15) is 22.6 Å². The molecule has 0 radical (unpaired) electrons. The maximum absolute atomic E-state index is 13.1. The summed E-state index contributed by atoms with van der Waals surface area (Å²) in [7, 11) is 0. The van der Waals surface area contributed by atoms with E-state index in [0.29, 0.717) is 40.4 Å². The average Bonchev–Trinajstić information content (AvgIpc) is 3.42. The summed E-state index contributed by atoms with van der Waals surface area (Å²) in [6.45, 7) is 7.62. The maximum atomic E-state index is 13.1. The molecule has 210 valence electrons. The van der Waals surface area contributed by atoms with Crippen molar-refractivity contribution in [3.63, 3.8) is 0 Å². The monoisotopic (exact) mass is 568 g/mol. The zero-order valence-electron chi connectivity index (χ0n) is 23.1. The second kappa shape index (κ2) is 11.7. The lowest BCUT2D eigenvalue weighted by Crippen LogP contribution is -2.37. The third-order valence-electron chi connectivity index (χ3n) is 7.62. The Labute approximate surface area is 243 Å². The molecule has 2 aliphatic rings. The fraction of sp³-hybridized carbons (Fsp3) is 0.281. The van der Waals surface area contributed by atoms with Gasteiger partial charge in [0.2, 0.25) is 0 Å². The standard InChI is InChI=1S/C32H32N4O4S/c1-3-36-16-14-23(15-17-36)39-22-10-8-21(9-11-22)32-34-19-24(41-32)18-33-30(37)25-12-13-28-29(20(25)2)35-31(38)26-6-4-5-7-27(26)40-28/h4-13,19,23H,3,14-18H2,1-2H3,(H,33,37)(H,35,38). The quantitative estimate of drug-likeness (QED) is 0.273. The number of rotatable bonds is 7. The highest BCUT2D eigenvalue weighted by Crippen LogP contribution is 2.38. The number of aromatic nitrogens is 1. The fourth-order valence-electron chi connectivity index (χ4n) is 5.21. The van der Waals surface area contributed by atoms with E-state index in [9.17, 15) is 9.59 Å². The molecular weight excluding hydrogens is 536 g/mol. The van der Waals surface area contributed by atoms with E-state index in [4.69, 9.17) is 9.47 Å². The minimum absolute atomic E-state index is 0.234. The van der Waals surface area contributed by atoms with Crippen molar-refractivity contribution in [2.45, 2.75) is 39.3 Å². The van der Waals surface area contributed by atoms with Crippen LogP contribution in [0.3, 0.4) is 0 Å². The highest BCUT2D eigenvalue weighted by molar-refractivity contribution is 7.15. The van der Waals surface area contributed by atoms with Gasteiger partial charge in [-0.25, -0.2) is 4.98 Å². The van der Waals surface area contributed by atoms with E-state index in [1.165, 1.54) is 0 Å². The van der Waals surface area contributed by atoms with Gasteiger partial charge in [0.15, 0.2) is 5.75 Å². The molecule has 6 rings (SSSR count). The van der Waals surface area contributed by atoms with E-state index in [-0.39, 0.29) is 17.9 Å². The number of anilines is 1. The van der Waals surface area contributed by atoms with Crippen LogP contribution < -0.4 is 20.1 Å². The Morgan fingerprint density at radius 1 is 1.10 bits per heavy atom. The third-order valence-corrected chi connectivity index (χ3v) is 8.67. The van der Waals surface area contributed by atoms with Crippen molar-refractivity contribution < 1.29 is 19.1 Å². The zero-order valence-corrected chi connectivity index (χ0v) is 23.9. The van der Waals surface area contributed by atoms with E-state index in [0.717, 1.165) is 53.7 Å². The Bertz CT molecular complexity index is 1580. The number of carbonyl (C=O) groups is 2. The minimum atomic E-state index is -0.269. The van der Waals surface area contributed by atoms with Gasteiger partial charge >= 0.3 is 0 Å². The molecule has 1 saturated heterocycles. The Hall–Kier alpha value is -4.21. The molecule has 0 aliphatic carbocycles. The number of ether oxygens (including phenoxy) is 2. The summed E-state index contributed by atoms with van der Waals surface area (Å²) in [5.74, 6) is 1.37. The number of piperidine rings is 1. The molecule has 0 atom stereocenters. The smallest absolute Gasteiger partial charge is 0.259 e. The molecule has 8 nitrogen and oxygen atoms in total. The number of hydrogen-bond acceptors (Lipinski definition) is 7. The Morgan fingerprint density at radius 3 is 2.66 bits per heavy atom. The summed E-state index contributed by atoms with van der Waals surface area (Å²) >= 11 is 1.54. The lowest BCUT2D eigenvalue weighted by Gasteiger charge is -2.31. The van der Waals surface area contributed by atoms with E-state index in [1.54, 1.807) is 54.8 Å². The van der Waals surface area contributed by atoms with Gasteiger partial charge < -0.3 is 25.0 Å². The van der Waals surface area contributed by atoms with Crippen LogP contribution >= 0.6 is 11.3 Å². The van der Waals surface area contributed by atoms with E-state index < -0.39 is 0 Å². The molecule has 4 aromatic rings. The first-order valence-electron chi connectivity index (χ1n) is 13.9. The molecule has 41 heavy (non-hydrogen) atoms. The topological polar surface area (TPSA) is 92.8 Å². The molecule has 1 fully saturated rings. The third kappa shape index (κ3) is 5.82. The molecule has 0 spiro atoms. The molecule has 3 heterocycles. The summed E-state index contributed by atoms with van der Waals surface area (Å²) in [6, 6.07) is 18.6. The van der Waals surface area contributed by atoms with Crippen molar-refractivity contribution in [2.75, 3.05) is 25.0 Å². The second-order valence-electron chi connectivity index (χ2n) is 10.3. The zero-order chi connectivity index (χ0) is 28.3. The molecule has 1 aromatic heterocycles. The van der Waals surface area contributed by atoms with Crippen LogP contribution in [-0.2, 0) is 6.54 Å². The normalized spacial score (nSPS) is 15.2. The number of fused-ring (bicyclic) bond motifs is 2. The Balaban J connectivity index is 1.07.